The lowest BCUT2D eigenvalue weighted by Gasteiger charge is -2.20. The number of nitrogens with zero attached hydrogens (tertiary/aromatic N) is 1. The molecule has 1 unspecified atom stereocenters. The lowest BCUT2D eigenvalue weighted by atomic mass is 10.1. The number of benzene rings is 1. The van der Waals surface area contributed by atoms with E-state index in [0.717, 1.165) is 11.3 Å². The van der Waals surface area contributed by atoms with Crippen molar-refractivity contribution >= 4 is 18.3 Å². The van der Waals surface area contributed by atoms with Crippen molar-refractivity contribution in [2.75, 3.05) is 26.7 Å². The molecule has 0 saturated heterocycles. The van der Waals surface area contributed by atoms with Gasteiger partial charge in [0.25, 0.3) is 0 Å². The summed E-state index contributed by atoms with van der Waals surface area (Å²) in [5.74, 6) is 0.766. The molecule has 0 heterocycles. The minimum Gasteiger partial charge on any atom is -0.492 e. The molecule has 0 bridgehead atoms. The number of carbonyl (C=O) groups is 1. The van der Waals surface area contributed by atoms with Crippen LogP contribution in [-0.2, 0) is 4.79 Å². The van der Waals surface area contributed by atoms with Crippen molar-refractivity contribution in [1.29, 1.82) is 0 Å². The molecule has 2 N–H and O–H groups in total. The van der Waals surface area contributed by atoms with Crippen molar-refractivity contribution in [3.05, 3.63) is 29.8 Å². The van der Waals surface area contributed by atoms with Crippen molar-refractivity contribution < 1.29 is 9.53 Å². The van der Waals surface area contributed by atoms with Crippen LogP contribution in [-0.4, -0.2) is 37.6 Å². The monoisotopic (exact) mass is 286 g/mol. The van der Waals surface area contributed by atoms with E-state index in [0.29, 0.717) is 19.7 Å². The smallest absolute Gasteiger partial charge is 0.226 e. The predicted octanol–water partition coefficient (Wildman–Crippen LogP) is 1.85. The van der Waals surface area contributed by atoms with Gasteiger partial charge < -0.3 is 15.4 Å². The average Bonchev–Trinajstić information content (AvgIpc) is 2.36. The first kappa shape index (κ1) is 17.7. The van der Waals surface area contributed by atoms with E-state index in [1.165, 1.54) is 0 Å². The van der Waals surface area contributed by atoms with Crippen LogP contribution in [0.15, 0.2) is 24.3 Å². The normalized spacial score (nSPS) is 11.4. The second-order valence-corrected chi connectivity index (χ2v) is 4.56. The first-order chi connectivity index (χ1) is 8.54. The number of aryl methyl sites for hydroxylation is 1. The molecule has 0 saturated carbocycles. The molecule has 19 heavy (non-hydrogen) atoms. The molecule has 0 aliphatic carbocycles. The molecule has 1 atom stereocenters. The van der Waals surface area contributed by atoms with Gasteiger partial charge >= 0.3 is 0 Å². The number of likely N-dealkylation sites (N-methyl/N-ethyl adjacent to an activating group) is 1. The van der Waals surface area contributed by atoms with Crippen LogP contribution < -0.4 is 10.5 Å². The fraction of sp³-hybridized carbons (Fsp3) is 0.500. The van der Waals surface area contributed by atoms with Crippen LogP contribution in [0.25, 0.3) is 0 Å². The number of nitrogens with two attached hydrogens (primary N) is 1. The second kappa shape index (κ2) is 8.77. The highest BCUT2D eigenvalue weighted by atomic mass is 35.5. The minimum atomic E-state index is -0.131. The molecule has 1 amide bonds. The molecule has 0 radical (unpaired) electrons. The largest absolute Gasteiger partial charge is 0.492 e. The van der Waals surface area contributed by atoms with E-state index in [1.54, 1.807) is 11.9 Å². The zero-order chi connectivity index (χ0) is 13.5. The maximum absolute atomic E-state index is 11.8. The maximum atomic E-state index is 11.8. The van der Waals surface area contributed by atoms with Crippen LogP contribution in [0.3, 0.4) is 0 Å². The van der Waals surface area contributed by atoms with Crippen molar-refractivity contribution in [1.82, 2.24) is 4.90 Å². The van der Waals surface area contributed by atoms with Crippen molar-refractivity contribution in [2.45, 2.75) is 13.8 Å². The number of hydrogen-bond acceptors (Lipinski definition) is 3. The molecular formula is C14H23ClN2O2. The molecule has 0 aromatic heterocycles. The van der Waals surface area contributed by atoms with Gasteiger partial charge in [-0.15, -0.1) is 12.4 Å². The zero-order valence-electron chi connectivity index (χ0n) is 11.8. The molecule has 108 valence electrons. The van der Waals surface area contributed by atoms with Crippen LogP contribution in [0.2, 0.25) is 0 Å². The third kappa shape index (κ3) is 5.94. The van der Waals surface area contributed by atoms with Crippen LogP contribution in [0.5, 0.6) is 5.75 Å². The number of carbonyl (C=O) groups excluding carboxylic acids is 1. The number of halogens is 1. The fourth-order valence-electron chi connectivity index (χ4n) is 1.59. The summed E-state index contributed by atoms with van der Waals surface area (Å²) in [4.78, 5) is 13.4. The summed E-state index contributed by atoms with van der Waals surface area (Å²) in [5, 5.41) is 0. The Morgan fingerprint density at radius 1 is 1.47 bits per heavy atom. The van der Waals surface area contributed by atoms with Gasteiger partial charge in [0.1, 0.15) is 12.4 Å². The Hall–Kier alpha value is -1.26. The molecule has 0 aliphatic rings. The lowest BCUT2D eigenvalue weighted by molar-refractivity contribution is -0.133. The van der Waals surface area contributed by atoms with Crippen LogP contribution in [0, 0.1) is 12.8 Å². The molecule has 0 spiro atoms. The lowest BCUT2D eigenvalue weighted by Crippen LogP contribution is -2.37. The molecule has 1 aromatic rings. The highest BCUT2D eigenvalue weighted by molar-refractivity contribution is 5.85. The average molecular weight is 287 g/mol. The molecule has 1 rings (SSSR count). The topological polar surface area (TPSA) is 55.6 Å². The van der Waals surface area contributed by atoms with Gasteiger partial charge in [0.15, 0.2) is 0 Å². The van der Waals surface area contributed by atoms with Gasteiger partial charge in [0, 0.05) is 19.5 Å². The first-order valence-electron chi connectivity index (χ1n) is 6.19. The summed E-state index contributed by atoms with van der Waals surface area (Å²) in [6.07, 6.45) is 0. The zero-order valence-corrected chi connectivity index (χ0v) is 12.6. The van der Waals surface area contributed by atoms with Crippen molar-refractivity contribution in [3.63, 3.8) is 0 Å². The molecule has 0 fully saturated rings. The first-order valence-corrected chi connectivity index (χ1v) is 6.19. The maximum Gasteiger partial charge on any atom is 0.226 e. The van der Waals surface area contributed by atoms with Gasteiger partial charge in [0.05, 0.1) is 6.54 Å². The standard InChI is InChI=1S/C14H22N2O2.ClH/c1-11-5-4-6-13(9-11)18-8-7-16(3)14(17)12(2)10-15;/h4-6,9,12H,7-8,10,15H2,1-3H3;1H. The SMILES string of the molecule is Cc1cccc(OCCN(C)C(=O)C(C)CN)c1.Cl. The van der Waals surface area contributed by atoms with Crippen LogP contribution in [0.1, 0.15) is 12.5 Å². The minimum absolute atomic E-state index is 0. The Bertz CT molecular complexity index is 399. The summed E-state index contributed by atoms with van der Waals surface area (Å²) < 4.78 is 5.60. The Morgan fingerprint density at radius 2 is 2.16 bits per heavy atom. The van der Waals surface area contributed by atoms with Gasteiger partial charge in [0.2, 0.25) is 5.91 Å². The third-order valence-corrected chi connectivity index (χ3v) is 2.84. The van der Waals surface area contributed by atoms with Crippen LogP contribution >= 0.6 is 12.4 Å². The molecule has 4 nitrogen and oxygen atoms in total. The van der Waals surface area contributed by atoms with E-state index in [4.69, 9.17) is 10.5 Å². The van der Waals surface area contributed by atoms with Gasteiger partial charge in [-0.05, 0) is 24.6 Å². The van der Waals surface area contributed by atoms with E-state index in [9.17, 15) is 4.79 Å². The van der Waals surface area contributed by atoms with E-state index < -0.39 is 0 Å². The molecule has 0 aliphatic heterocycles. The summed E-state index contributed by atoms with van der Waals surface area (Å²) in [6.45, 7) is 5.29. The van der Waals surface area contributed by atoms with E-state index >= 15 is 0 Å². The summed E-state index contributed by atoms with van der Waals surface area (Å²) in [7, 11) is 1.77. The Balaban J connectivity index is 0.00000324. The van der Waals surface area contributed by atoms with E-state index in [-0.39, 0.29) is 24.2 Å². The van der Waals surface area contributed by atoms with Crippen LogP contribution in [0.4, 0.5) is 0 Å². The number of rotatable bonds is 6. The molecule has 1 aromatic carbocycles. The Kier molecular flexibility index (Phi) is 8.19. The Morgan fingerprint density at radius 3 is 2.74 bits per heavy atom. The number of hydrogen-bond donors (Lipinski definition) is 1. The highest BCUT2D eigenvalue weighted by Gasteiger charge is 2.15. The van der Waals surface area contributed by atoms with Gasteiger partial charge in [-0.3, -0.25) is 4.79 Å². The summed E-state index contributed by atoms with van der Waals surface area (Å²) in [5.41, 5.74) is 6.63. The third-order valence-electron chi connectivity index (χ3n) is 2.84. The van der Waals surface area contributed by atoms with Gasteiger partial charge in [-0.25, -0.2) is 0 Å². The predicted molar refractivity (Wildman–Crippen MR) is 79.8 cm³/mol. The van der Waals surface area contributed by atoms with Crippen molar-refractivity contribution in [2.24, 2.45) is 11.7 Å². The Labute approximate surface area is 121 Å². The quantitative estimate of drug-likeness (QED) is 0.868. The van der Waals surface area contributed by atoms with Crippen molar-refractivity contribution in [3.8, 4) is 5.75 Å². The second-order valence-electron chi connectivity index (χ2n) is 4.56. The van der Waals surface area contributed by atoms with Gasteiger partial charge in [-0.1, -0.05) is 19.1 Å². The summed E-state index contributed by atoms with van der Waals surface area (Å²) >= 11 is 0. The van der Waals surface area contributed by atoms with Gasteiger partial charge in [-0.2, -0.15) is 0 Å². The number of ether oxygens (including phenoxy) is 1. The van der Waals surface area contributed by atoms with E-state index in [2.05, 4.69) is 0 Å². The highest BCUT2D eigenvalue weighted by Crippen LogP contribution is 2.12. The fourth-order valence-corrected chi connectivity index (χ4v) is 1.59. The van der Waals surface area contributed by atoms with E-state index in [1.807, 2.05) is 38.1 Å². The molecular weight excluding hydrogens is 264 g/mol. The summed E-state index contributed by atoms with van der Waals surface area (Å²) in [6, 6.07) is 7.86. The number of amides is 1. The molecule has 5 heteroatoms.